The Morgan fingerprint density at radius 3 is 2.71 bits per heavy atom. The Balaban J connectivity index is 2.43. The maximum atomic E-state index is 5.29. The largest absolute Gasteiger partial charge is 0.496 e. The van der Waals surface area contributed by atoms with Crippen molar-refractivity contribution in [1.29, 1.82) is 0 Å². The smallest absolute Gasteiger partial charge is 0.133 e. The van der Waals surface area contributed by atoms with Crippen LogP contribution in [0.5, 0.6) is 5.75 Å². The first-order valence-corrected chi connectivity index (χ1v) is 4.98. The second kappa shape index (κ2) is 3.88. The van der Waals surface area contributed by atoms with Crippen molar-refractivity contribution < 1.29 is 9.15 Å². The molecule has 0 N–H and O–H groups in total. The summed E-state index contributed by atoms with van der Waals surface area (Å²) >= 11 is 3.43. The lowest BCUT2D eigenvalue weighted by Gasteiger charge is -2.04. The van der Waals surface area contributed by atoms with Gasteiger partial charge in [-0.15, -0.1) is 0 Å². The molecule has 0 fully saturated rings. The molecule has 0 aliphatic rings. The van der Waals surface area contributed by atoms with Crippen molar-refractivity contribution in [2.24, 2.45) is 0 Å². The molecule has 0 radical (unpaired) electrons. The number of ether oxygens (including phenoxy) is 1. The standard InChI is InChI=1S/C11H9BrO2/c1-13-11-5-4-8(7-9(11)12)10-3-2-6-14-10/h2-7H,1H3. The van der Waals surface area contributed by atoms with Crippen molar-refractivity contribution >= 4 is 15.9 Å². The number of benzene rings is 1. The summed E-state index contributed by atoms with van der Waals surface area (Å²) in [7, 11) is 1.65. The van der Waals surface area contributed by atoms with E-state index in [1.54, 1.807) is 13.4 Å². The van der Waals surface area contributed by atoms with E-state index in [0.29, 0.717) is 0 Å². The number of methoxy groups -OCH3 is 1. The van der Waals surface area contributed by atoms with E-state index in [-0.39, 0.29) is 0 Å². The lowest BCUT2D eigenvalue weighted by atomic mass is 10.2. The molecule has 1 aromatic carbocycles. The molecule has 3 heteroatoms. The van der Waals surface area contributed by atoms with Crippen molar-refractivity contribution in [2.75, 3.05) is 7.11 Å². The molecular weight excluding hydrogens is 244 g/mol. The molecule has 0 saturated heterocycles. The lowest BCUT2D eigenvalue weighted by molar-refractivity contribution is 0.412. The van der Waals surface area contributed by atoms with E-state index >= 15 is 0 Å². The van der Waals surface area contributed by atoms with Gasteiger partial charge < -0.3 is 9.15 Å². The van der Waals surface area contributed by atoms with Crippen LogP contribution in [-0.4, -0.2) is 7.11 Å². The number of furan rings is 1. The van der Waals surface area contributed by atoms with E-state index in [0.717, 1.165) is 21.5 Å². The van der Waals surface area contributed by atoms with Gasteiger partial charge in [-0.3, -0.25) is 0 Å². The highest BCUT2D eigenvalue weighted by atomic mass is 79.9. The molecule has 0 spiro atoms. The van der Waals surface area contributed by atoms with Crippen LogP contribution in [0, 0.1) is 0 Å². The summed E-state index contributed by atoms with van der Waals surface area (Å²) in [6.45, 7) is 0. The Hall–Kier alpha value is -1.22. The summed E-state index contributed by atoms with van der Waals surface area (Å²) in [5, 5.41) is 0. The summed E-state index contributed by atoms with van der Waals surface area (Å²) in [4.78, 5) is 0. The zero-order chi connectivity index (χ0) is 9.97. The molecule has 0 aliphatic carbocycles. The van der Waals surface area contributed by atoms with Crippen LogP contribution in [0.3, 0.4) is 0 Å². The minimum Gasteiger partial charge on any atom is -0.496 e. The van der Waals surface area contributed by atoms with Crippen LogP contribution in [0.2, 0.25) is 0 Å². The summed E-state index contributed by atoms with van der Waals surface area (Å²) in [6.07, 6.45) is 1.66. The maximum absolute atomic E-state index is 5.29. The molecular formula is C11H9BrO2. The summed E-state index contributed by atoms with van der Waals surface area (Å²) < 4.78 is 11.4. The van der Waals surface area contributed by atoms with Crippen molar-refractivity contribution in [3.63, 3.8) is 0 Å². The van der Waals surface area contributed by atoms with Gasteiger partial charge in [0.05, 0.1) is 17.8 Å². The van der Waals surface area contributed by atoms with Crippen LogP contribution in [0.15, 0.2) is 45.5 Å². The molecule has 0 bridgehead atoms. The van der Waals surface area contributed by atoms with Crippen LogP contribution >= 0.6 is 15.9 Å². The van der Waals surface area contributed by atoms with Gasteiger partial charge in [0.25, 0.3) is 0 Å². The van der Waals surface area contributed by atoms with E-state index in [4.69, 9.17) is 9.15 Å². The van der Waals surface area contributed by atoms with Gasteiger partial charge in [-0.05, 0) is 46.3 Å². The van der Waals surface area contributed by atoms with Crippen LogP contribution in [0.1, 0.15) is 0 Å². The Morgan fingerprint density at radius 1 is 1.29 bits per heavy atom. The predicted molar refractivity (Wildman–Crippen MR) is 58.4 cm³/mol. The molecule has 2 nitrogen and oxygen atoms in total. The quantitative estimate of drug-likeness (QED) is 0.813. The maximum Gasteiger partial charge on any atom is 0.133 e. The fourth-order valence-corrected chi connectivity index (χ4v) is 1.80. The van der Waals surface area contributed by atoms with Gasteiger partial charge in [0.2, 0.25) is 0 Å². The predicted octanol–water partition coefficient (Wildman–Crippen LogP) is 3.72. The zero-order valence-electron chi connectivity index (χ0n) is 7.66. The van der Waals surface area contributed by atoms with Crippen molar-refractivity contribution in [1.82, 2.24) is 0 Å². The van der Waals surface area contributed by atoms with E-state index in [9.17, 15) is 0 Å². The highest BCUT2D eigenvalue weighted by Crippen LogP contribution is 2.30. The molecule has 1 aromatic heterocycles. The number of hydrogen-bond donors (Lipinski definition) is 0. The van der Waals surface area contributed by atoms with Crippen molar-refractivity contribution in [2.45, 2.75) is 0 Å². The molecule has 1 heterocycles. The molecule has 0 saturated carbocycles. The Bertz CT molecular complexity index is 421. The SMILES string of the molecule is COc1ccc(-c2ccco2)cc1Br. The number of hydrogen-bond acceptors (Lipinski definition) is 2. The van der Waals surface area contributed by atoms with Gasteiger partial charge in [-0.1, -0.05) is 0 Å². The Labute approximate surface area is 90.6 Å². The van der Waals surface area contributed by atoms with E-state index in [2.05, 4.69) is 15.9 Å². The van der Waals surface area contributed by atoms with Gasteiger partial charge in [-0.25, -0.2) is 0 Å². The molecule has 2 aromatic rings. The van der Waals surface area contributed by atoms with Crippen LogP contribution < -0.4 is 4.74 Å². The molecule has 0 atom stereocenters. The Kier molecular flexibility index (Phi) is 2.59. The topological polar surface area (TPSA) is 22.4 Å². The minimum absolute atomic E-state index is 0.820. The van der Waals surface area contributed by atoms with Gasteiger partial charge in [-0.2, -0.15) is 0 Å². The summed E-state index contributed by atoms with van der Waals surface area (Å²) in [5.41, 5.74) is 1.03. The van der Waals surface area contributed by atoms with E-state index in [1.807, 2.05) is 30.3 Å². The summed E-state index contributed by atoms with van der Waals surface area (Å²) in [5.74, 6) is 1.67. The van der Waals surface area contributed by atoms with Crippen LogP contribution in [-0.2, 0) is 0 Å². The molecule has 0 amide bonds. The third-order valence-electron chi connectivity index (χ3n) is 1.96. The van der Waals surface area contributed by atoms with Crippen molar-refractivity contribution in [3.8, 4) is 17.1 Å². The fourth-order valence-electron chi connectivity index (χ4n) is 1.26. The number of halogens is 1. The highest BCUT2D eigenvalue weighted by Gasteiger charge is 2.04. The van der Waals surface area contributed by atoms with Gasteiger partial charge >= 0.3 is 0 Å². The van der Waals surface area contributed by atoms with Gasteiger partial charge in [0.1, 0.15) is 11.5 Å². The second-order valence-electron chi connectivity index (χ2n) is 2.83. The van der Waals surface area contributed by atoms with E-state index in [1.165, 1.54) is 0 Å². The molecule has 2 rings (SSSR count). The third kappa shape index (κ3) is 1.68. The molecule has 14 heavy (non-hydrogen) atoms. The second-order valence-corrected chi connectivity index (χ2v) is 3.68. The Morgan fingerprint density at radius 2 is 2.14 bits per heavy atom. The number of rotatable bonds is 2. The fraction of sp³-hybridized carbons (Fsp3) is 0.0909. The van der Waals surface area contributed by atoms with Crippen LogP contribution in [0.4, 0.5) is 0 Å². The lowest BCUT2D eigenvalue weighted by Crippen LogP contribution is -1.84. The van der Waals surface area contributed by atoms with Crippen LogP contribution in [0.25, 0.3) is 11.3 Å². The normalized spacial score (nSPS) is 10.1. The first-order chi connectivity index (χ1) is 6.81. The minimum atomic E-state index is 0.820. The summed E-state index contributed by atoms with van der Waals surface area (Å²) in [6, 6.07) is 9.63. The first kappa shape index (κ1) is 9.34. The third-order valence-corrected chi connectivity index (χ3v) is 2.58. The average Bonchev–Trinajstić information content (AvgIpc) is 2.70. The van der Waals surface area contributed by atoms with Gasteiger partial charge in [0.15, 0.2) is 0 Å². The van der Waals surface area contributed by atoms with E-state index < -0.39 is 0 Å². The molecule has 72 valence electrons. The van der Waals surface area contributed by atoms with Gasteiger partial charge in [0, 0.05) is 5.56 Å². The molecule has 0 aliphatic heterocycles. The molecule has 0 unspecified atom stereocenters. The average molecular weight is 253 g/mol. The van der Waals surface area contributed by atoms with Crippen molar-refractivity contribution in [3.05, 3.63) is 41.1 Å². The monoisotopic (exact) mass is 252 g/mol. The first-order valence-electron chi connectivity index (χ1n) is 4.18. The highest BCUT2D eigenvalue weighted by molar-refractivity contribution is 9.10. The zero-order valence-corrected chi connectivity index (χ0v) is 9.24.